The molecule has 1 rings (SSSR count). The first kappa shape index (κ1) is 106. The number of allylic oxidation sites excluding steroid dienone is 10. The number of unbranched alkanes of at least 4 members (excludes halogenated alkanes) is 60. The number of piperazine rings is 1. The fourth-order valence-electron chi connectivity index (χ4n) is 15.9. The molecular formula is C102H201N5. The second-order valence-electron chi connectivity index (χ2n) is 34.4. The molecular weight excluding hydrogens is 1300 g/mol. The van der Waals surface area contributed by atoms with E-state index in [1.165, 1.54) is 548 Å². The number of hydrogen-bond acceptors (Lipinski definition) is 5. The predicted octanol–water partition coefficient (Wildman–Crippen LogP) is 32.7. The minimum Gasteiger partial charge on any atom is -0.306 e. The van der Waals surface area contributed by atoms with Gasteiger partial charge in [0.25, 0.3) is 0 Å². The quantitative estimate of drug-likeness (QED) is 0.0444. The van der Waals surface area contributed by atoms with E-state index in [2.05, 4.69) is 134 Å². The summed E-state index contributed by atoms with van der Waals surface area (Å²) in [6.07, 6.45) is 124. The van der Waals surface area contributed by atoms with Crippen molar-refractivity contribution in [2.24, 2.45) is 0 Å². The van der Waals surface area contributed by atoms with E-state index in [9.17, 15) is 0 Å². The topological polar surface area (TPSA) is 16.2 Å². The lowest BCUT2D eigenvalue weighted by atomic mass is 10.1. The zero-order chi connectivity index (χ0) is 77.1. The third-order valence-corrected chi connectivity index (χ3v) is 23.5. The smallest absolute Gasteiger partial charge is 0.0110 e. The summed E-state index contributed by atoms with van der Waals surface area (Å²) in [6, 6.07) is 0. The molecule has 0 atom stereocenters. The molecule has 0 bridgehead atoms. The average molecular weight is 1500 g/mol. The van der Waals surface area contributed by atoms with Gasteiger partial charge in [-0.3, -0.25) is 4.90 Å². The Hall–Kier alpha value is -1.50. The van der Waals surface area contributed by atoms with Crippen molar-refractivity contribution in [2.75, 3.05) is 98.7 Å². The van der Waals surface area contributed by atoms with E-state index in [1.807, 2.05) is 0 Å². The van der Waals surface area contributed by atoms with Crippen LogP contribution in [0.5, 0.6) is 0 Å². The highest BCUT2D eigenvalue weighted by atomic mass is 15.3. The third kappa shape index (κ3) is 88.3. The SMILES string of the molecule is CCCCCCCC/C=C\CCCCCCCCN(C)CCCCCCCC/C=C\CCCCCCCC.CCCCCCCC/C=C\CCCCCCCCN(CCCCCCCC/C=C\CCCCCCCC)CCN(CCCCCCCC/C=C\CCCCCCCC)CCN1CCN(CCC)CC1. The van der Waals surface area contributed by atoms with Crippen molar-refractivity contribution in [3.05, 3.63) is 60.8 Å². The van der Waals surface area contributed by atoms with Gasteiger partial charge in [0.1, 0.15) is 0 Å². The molecule has 0 saturated carbocycles. The van der Waals surface area contributed by atoms with Crippen LogP contribution in [-0.4, -0.2) is 123 Å². The van der Waals surface area contributed by atoms with E-state index in [-0.39, 0.29) is 0 Å². The summed E-state index contributed by atoms with van der Waals surface area (Å²) < 4.78 is 0. The molecule has 0 aliphatic carbocycles. The van der Waals surface area contributed by atoms with Crippen LogP contribution < -0.4 is 0 Å². The Labute approximate surface area is 677 Å². The van der Waals surface area contributed by atoms with Crippen molar-refractivity contribution < 1.29 is 0 Å². The number of hydrogen-bond donors (Lipinski definition) is 0. The first-order valence-electron chi connectivity index (χ1n) is 49.9. The summed E-state index contributed by atoms with van der Waals surface area (Å²) in [6.45, 7) is 31.8. The number of rotatable bonds is 88. The molecule has 0 amide bonds. The van der Waals surface area contributed by atoms with Crippen LogP contribution in [0.15, 0.2) is 60.8 Å². The van der Waals surface area contributed by atoms with Gasteiger partial charge in [0.15, 0.2) is 0 Å². The molecule has 0 aromatic rings. The standard InChI is InChI=1S/C65H128N4.C37H73N/c1-5-9-12-15-18-21-24-27-30-33-36-39-42-45-48-51-55-67(56-52-49-46-43-40-37-34-31-28-25-22-19-16-13-10-6-2)60-61-68(62-65-69-63-58-66(54-8-4)59-64-69)57-53-50-47-44-41-38-35-32-29-26-23-20-17-14-11-7-3;1-4-6-8-10-12-14-16-18-20-22-24-26-28-30-32-34-36-38(3)37-35-33-31-29-27-25-23-21-19-17-15-13-11-9-7-5-2/h27-32H,5-26,33-65H2,1-4H3;18-21H,4-17,22-37H2,1-3H3/b30-27-,31-28-,32-29-;20-18-,21-19-. The van der Waals surface area contributed by atoms with Gasteiger partial charge < -0.3 is 19.6 Å². The van der Waals surface area contributed by atoms with Gasteiger partial charge in [-0.2, -0.15) is 0 Å². The minimum atomic E-state index is 1.26. The largest absolute Gasteiger partial charge is 0.306 e. The molecule has 0 aromatic heterocycles. The van der Waals surface area contributed by atoms with Crippen LogP contribution in [-0.2, 0) is 0 Å². The molecule has 5 heteroatoms. The maximum Gasteiger partial charge on any atom is 0.0110 e. The van der Waals surface area contributed by atoms with Gasteiger partial charge in [-0.05, 0) is 213 Å². The van der Waals surface area contributed by atoms with Crippen LogP contribution in [0, 0.1) is 0 Å². The van der Waals surface area contributed by atoms with Crippen LogP contribution in [0.2, 0.25) is 0 Å². The first-order chi connectivity index (χ1) is 53.0. The Balaban J connectivity index is 0.00000249. The highest BCUT2D eigenvalue weighted by Gasteiger charge is 2.18. The predicted molar refractivity (Wildman–Crippen MR) is 491 cm³/mol. The lowest BCUT2D eigenvalue weighted by Gasteiger charge is -2.36. The van der Waals surface area contributed by atoms with Crippen molar-refractivity contribution in [1.82, 2.24) is 24.5 Å². The van der Waals surface area contributed by atoms with Crippen molar-refractivity contribution >= 4 is 0 Å². The van der Waals surface area contributed by atoms with Crippen molar-refractivity contribution in [1.29, 1.82) is 0 Å². The van der Waals surface area contributed by atoms with E-state index in [1.54, 1.807) is 0 Å². The molecule has 5 nitrogen and oxygen atoms in total. The molecule has 0 radical (unpaired) electrons. The van der Waals surface area contributed by atoms with Crippen molar-refractivity contribution in [3.8, 4) is 0 Å². The zero-order valence-corrected chi connectivity index (χ0v) is 75.1. The fraction of sp³-hybridized carbons (Fsp3) is 0.902. The fourth-order valence-corrected chi connectivity index (χ4v) is 15.9. The summed E-state index contributed by atoms with van der Waals surface area (Å²) >= 11 is 0. The summed E-state index contributed by atoms with van der Waals surface area (Å²) in [5.74, 6) is 0. The van der Waals surface area contributed by atoms with Crippen LogP contribution in [0.3, 0.4) is 0 Å². The lowest BCUT2D eigenvalue weighted by molar-refractivity contribution is 0.114. The molecule has 1 aliphatic rings. The van der Waals surface area contributed by atoms with E-state index in [0.717, 1.165) is 0 Å². The highest BCUT2D eigenvalue weighted by Crippen LogP contribution is 2.19. The number of nitrogens with zero attached hydrogens (tertiary/aromatic N) is 5. The second-order valence-corrected chi connectivity index (χ2v) is 34.4. The van der Waals surface area contributed by atoms with E-state index in [4.69, 9.17) is 0 Å². The summed E-state index contributed by atoms with van der Waals surface area (Å²) in [7, 11) is 2.33. The van der Waals surface area contributed by atoms with Gasteiger partial charge in [0.05, 0.1) is 0 Å². The average Bonchev–Trinajstić information content (AvgIpc) is 0.914. The maximum atomic E-state index is 2.90. The molecule has 1 aliphatic heterocycles. The Kier molecular flexibility index (Phi) is 93.8. The normalized spacial score (nSPS) is 13.4. The molecule has 0 spiro atoms. The van der Waals surface area contributed by atoms with Crippen molar-refractivity contribution in [3.63, 3.8) is 0 Å². The van der Waals surface area contributed by atoms with Crippen LogP contribution >= 0.6 is 0 Å². The minimum absolute atomic E-state index is 1.26. The second kappa shape index (κ2) is 95.1. The molecule has 107 heavy (non-hydrogen) atoms. The van der Waals surface area contributed by atoms with Gasteiger partial charge in [0, 0.05) is 52.4 Å². The Morgan fingerprint density at radius 2 is 0.336 bits per heavy atom. The molecule has 1 fully saturated rings. The Bertz CT molecular complexity index is 1660. The summed E-state index contributed by atoms with van der Waals surface area (Å²) in [5, 5.41) is 0. The van der Waals surface area contributed by atoms with Crippen LogP contribution in [0.25, 0.3) is 0 Å². The van der Waals surface area contributed by atoms with Crippen molar-refractivity contribution in [2.45, 2.75) is 497 Å². The highest BCUT2D eigenvalue weighted by molar-refractivity contribution is 4.85. The van der Waals surface area contributed by atoms with Crippen LogP contribution in [0.1, 0.15) is 497 Å². The molecule has 1 saturated heterocycles. The molecule has 1 heterocycles. The molecule has 634 valence electrons. The van der Waals surface area contributed by atoms with E-state index in [0.29, 0.717) is 0 Å². The monoisotopic (exact) mass is 1500 g/mol. The summed E-state index contributed by atoms with van der Waals surface area (Å²) in [5.41, 5.74) is 0. The third-order valence-electron chi connectivity index (χ3n) is 23.5. The van der Waals surface area contributed by atoms with Gasteiger partial charge in [-0.1, -0.05) is 391 Å². The lowest BCUT2D eigenvalue weighted by Crippen LogP contribution is -2.49. The Morgan fingerprint density at radius 3 is 0.542 bits per heavy atom. The first-order valence-corrected chi connectivity index (χ1v) is 49.9. The molecule has 0 unspecified atom stereocenters. The van der Waals surface area contributed by atoms with Gasteiger partial charge in [-0.15, -0.1) is 0 Å². The van der Waals surface area contributed by atoms with Crippen LogP contribution in [0.4, 0.5) is 0 Å². The summed E-state index contributed by atoms with van der Waals surface area (Å²) in [4.78, 5) is 13.8. The van der Waals surface area contributed by atoms with Gasteiger partial charge >= 0.3 is 0 Å². The zero-order valence-electron chi connectivity index (χ0n) is 75.1. The van der Waals surface area contributed by atoms with E-state index < -0.39 is 0 Å². The maximum absolute atomic E-state index is 2.90. The Morgan fingerprint density at radius 1 is 0.168 bits per heavy atom. The van der Waals surface area contributed by atoms with Gasteiger partial charge in [-0.25, -0.2) is 0 Å². The molecule has 0 N–H and O–H groups in total. The van der Waals surface area contributed by atoms with Gasteiger partial charge in [0.2, 0.25) is 0 Å². The molecule has 0 aromatic carbocycles. The van der Waals surface area contributed by atoms with E-state index >= 15 is 0 Å².